The molecule has 8 heteroatoms. The van der Waals surface area contributed by atoms with Crippen LogP contribution in [0.5, 0.6) is 0 Å². The van der Waals surface area contributed by atoms with Gasteiger partial charge >= 0.3 is 0 Å². The van der Waals surface area contributed by atoms with E-state index in [-0.39, 0.29) is 0 Å². The molecule has 2 aliphatic rings. The minimum absolute atomic E-state index is 0.787. The number of hydrogen-bond donors (Lipinski definition) is 2. The minimum atomic E-state index is 0.787. The summed E-state index contributed by atoms with van der Waals surface area (Å²) in [7, 11) is 3.68. The van der Waals surface area contributed by atoms with Crippen LogP contribution in [0.25, 0.3) is 0 Å². The van der Waals surface area contributed by atoms with E-state index in [1.807, 2.05) is 14.1 Å². The van der Waals surface area contributed by atoms with Crippen molar-refractivity contribution in [3.05, 3.63) is 0 Å². The van der Waals surface area contributed by atoms with Crippen LogP contribution in [-0.4, -0.2) is 74.6 Å². The zero-order chi connectivity index (χ0) is 12.8. The summed E-state index contributed by atoms with van der Waals surface area (Å²) in [6.07, 6.45) is 3.24. The number of rotatable bonds is 3. The molecule has 0 aliphatic carbocycles. The molecule has 0 amide bonds. The normalized spacial score (nSPS) is 18.8. The molecular weight excluding hydrogens is 232 g/mol. The van der Waals surface area contributed by atoms with Gasteiger partial charge in [-0.1, -0.05) is 0 Å². The topological polar surface area (TPSA) is 80.0 Å². The van der Waals surface area contributed by atoms with E-state index in [9.17, 15) is 0 Å². The van der Waals surface area contributed by atoms with Crippen LogP contribution in [-0.2, 0) is 0 Å². The van der Waals surface area contributed by atoms with Crippen molar-refractivity contribution in [3.63, 3.8) is 0 Å². The van der Waals surface area contributed by atoms with Crippen molar-refractivity contribution in [1.29, 1.82) is 0 Å². The Balaban J connectivity index is 1.79. The average Bonchev–Trinajstić information content (AvgIpc) is 3.05. The van der Waals surface area contributed by atoms with E-state index >= 15 is 0 Å². The second-order valence-electron chi connectivity index (χ2n) is 3.84. The summed E-state index contributed by atoms with van der Waals surface area (Å²) in [5.41, 5.74) is 0. The fourth-order valence-corrected chi connectivity index (χ4v) is 1.57. The first-order valence-electron chi connectivity index (χ1n) is 5.88. The highest BCUT2D eigenvalue weighted by molar-refractivity contribution is 6.16. The van der Waals surface area contributed by atoms with Crippen LogP contribution in [0.15, 0.2) is 20.2 Å². The molecule has 8 nitrogen and oxygen atoms in total. The van der Waals surface area contributed by atoms with E-state index in [2.05, 4.69) is 30.8 Å². The molecule has 0 saturated carbocycles. The van der Waals surface area contributed by atoms with Crippen molar-refractivity contribution in [2.45, 2.75) is 0 Å². The third kappa shape index (κ3) is 3.19. The monoisotopic (exact) mass is 250 g/mol. The molecule has 2 aliphatic heterocycles. The average molecular weight is 250 g/mol. The lowest BCUT2D eigenvalue weighted by atomic mass is 10.7. The molecule has 2 N–H and O–H groups in total. The summed E-state index contributed by atoms with van der Waals surface area (Å²) >= 11 is 0. The van der Waals surface area contributed by atoms with Crippen molar-refractivity contribution >= 4 is 24.3 Å². The van der Waals surface area contributed by atoms with Gasteiger partial charge in [0.15, 0.2) is 0 Å². The molecule has 0 fully saturated rings. The second kappa shape index (κ2) is 5.99. The highest BCUT2D eigenvalue weighted by atomic mass is 15.5. The largest absolute Gasteiger partial charge is 0.353 e. The number of nitrogens with one attached hydrogen (secondary N) is 2. The van der Waals surface area contributed by atoms with Crippen LogP contribution in [0.4, 0.5) is 0 Å². The van der Waals surface area contributed by atoms with E-state index in [4.69, 9.17) is 0 Å². The van der Waals surface area contributed by atoms with Crippen molar-refractivity contribution < 1.29 is 0 Å². The van der Waals surface area contributed by atoms with Crippen LogP contribution < -0.4 is 10.6 Å². The fraction of sp³-hybridized carbons (Fsp3) is 0.600. The lowest BCUT2D eigenvalue weighted by molar-refractivity contribution is 0.527. The van der Waals surface area contributed by atoms with Gasteiger partial charge in [-0.3, -0.25) is 0 Å². The van der Waals surface area contributed by atoms with Crippen LogP contribution in [0.2, 0.25) is 0 Å². The van der Waals surface area contributed by atoms with E-state index in [0.29, 0.717) is 0 Å². The Morgan fingerprint density at radius 1 is 0.944 bits per heavy atom. The first kappa shape index (κ1) is 12.3. The molecule has 0 atom stereocenters. The van der Waals surface area contributed by atoms with Gasteiger partial charge in [-0.15, -0.1) is 0 Å². The molecular formula is C10H18N8. The number of hydrazone groups is 2. The molecule has 2 heterocycles. The summed E-state index contributed by atoms with van der Waals surface area (Å²) in [6, 6.07) is 0. The van der Waals surface area contributed by atoms with Gasteiger partial charge in [0.2, 0.25) is 11.9 Å². The van der Waals surface area contributed by atoms with Gasteiger partial charge in [0.25, 0.3) is 0 Å². The highest BCUT2D eigenvalue weighted by Crippen LogP contribution is 1.92. The zero-order valence-electron chi connectivity index (χ0n) is 10.7. The summed E-state index contributed by atoms with van der Waals surface area (Å²) in [5.74, 6) is 1.57. The van der Waals surface area contributed by atoms with Crippen molar-refractivity contribution in [3.8, 4) is 0 Å². The Morgan fingerprint density at radius 2 is 1.39 bits per heavy atom. The molecule has 0 spiro atoms. The second-order valence-corrected chi connectivity index (χ2v) is 3.84. The van der Waals surface area contributed by atoms with E-state index < -0.39 is 0 Å². The van der Waals surface area contributed by atoms with Crippen LogP contribution in [0.1, 0.15) is 0 Å². The highest BCUT2D eigenvalue weighted by Gasteiger charge is 2.09. The summed E-state index contributed by atoms with van der Waals surface area (Å²) in [4.78, 5) is 8.49. The van der Waals surface area contributed by atoms with Gasteiger partial charge < -0.3 is 10.6 Å². The van der Waals surface area contributed by atoms with Crippen LogP contribution >= 0.6 is 0 Å². The fourth-order valence-electron chi connectivity index (χ4n) is 1.57. The quantitative estimate of drug-likeness (QED) is 0.484. The maximum absolute atomic E-state index is 4.25. The van der Waals surface area contributed by atoms with Crippen LogP contribution in [0.3, 0.4) is 0 Å². The number of nitrogens with zero attached hydrogens (tertiary/aromatic N) is 6. The molecule has 2 rings (SSSR count). The van der Waals surface area contributed by atoms with Gasteiger partial charge in [-0.25, -0.2) is 20.0 Å². The third-order valence-corrected chi connectivity index (χ3v) is 2.47. The van der Waals surface area contributed by atoms with E-state index in [0.717, 1.165) is 38.1 Å². The Labute approximate surface area is 106 Å². The van der Waals surface area contributed by atoms with Crippen molar-refractivity contribution in [2.24, 2.45) is 20.2 Å². The predicted molar refractivity (Wildman–Crippen MR) is 73.1 cm³/mol. The summed E-state index contributed by atoms with van der Waals surface area (Å²) in [5, 5.41) is 18.0. The summed E-state index contributed by atoms with van der Waals surface area (Å²) in [6.45, 7) is 3.35. The lowest BCUT2D eigenvalue weighted by Gasteiger charge is -2.12. The lowest BCUT2D eigenvalue weighted by Crippen LogP contribution is -2.32. The molecule has 0 aromatic heterocycles. The molecule has 0 bridgehead atoms. The first-order chi connectivity index (χ1) is 8.77. The van der Waals surface area contributed by atoms with Crippen molar-refractivity contribution in [2.75, 3.05) is 40.3 Å². The van der Waals surface area contributed by atoms with Gasteiger partial charge in [-0.05, 0) is 0 Å². The Kier molecular flexibility index (Phi) is 4.11. The molecule has 0 unspecified atom stereocenters. The van der Waals surface area contributed by atoms with Gasteiger partial charge in [0, 0.05) is 27.2 Å². The standard InChI is InChI=1S/C10H18N8/c1-17(9-11-3-4-12-9)15-7-8-16-18(2)10-13-5-6-14-10/h7-8H,3-6H2,1-2H3,(H,11,12)(H,13,14)/b15-7+,16-8+. The molecule has 98 valence electrons. The zero-order valence-corrected chi connectivity index (χ0v) is 10.7. The molecule has 18 heavy (non-hydrogen) atoms. The maximum Gasteiger partial charge on any atom is 0.214 e. The first-order valence-corrected chi connectivity index (χ1v) is 5.88. The van der Waals surface area contributed by atoms with Gasteiger partial charge in [-0.2, -0.15) is 10.2 Å². The number of aliphatic imine (C=N–C) groups is 2. The predicted octanol–water partition coefficient (Wildman–Crippen LogP) is -1.26. The Bertz CT molecular complexity index is 359. The third-order valence-electron chi connectivity index (χ3n) is 2.47. The van der Waals surface area contributed by atoms with Gasteiger partial charge in [0.1, 0.15) is 0 Å². The number of hydrogen-bond acceptors (Lipinski definition) is 8. The van der Waals surface area contributed by atoms with E-state index in [1.165, 1.54) is 0 Å². The molecule has 0 radical (unpaired) electrons. The molecule has 0 aromatic carbocycles. The summed E-state index contributed by atoms with van der Waals surface area (Å²) < 4.78 is 0. The van der Waals surface area contributed by atoms with Crippen molar-refractivity contribution in [1.82, 2.24) is 20.7 Å². The Hall–Kier alpha value is -2.12. The van der Waals surface area contributed by atoms with Crippen LogP contribution in [0, 0.1) is 0 Å². The Morgan fingerprint density at radius 3 is 1.72 bits per heavy atom. The SMILES string of the molecule is CN(/N=C/C=N/N(C)C1=NCCN1)C1=NCCN1. The van der Waals surface area contributed by atoms with Gasteiger partial charge in [0.05, 0.1) is 25.5 Å². The maximum atomic E-state index is 4.25. The minimum Gasteiger partial charge on any atom is -0.353 e. The molecule has 0 aromatic rings. The number of guanidine groups is 2. The molecule has 0 saturated heterocycles. The smallest absolute Gasteiger partial charge is 0.214 e. The van der Waals surface area contributed by atoms with E-state index in [1.54, 1.807) is 22.4 Å².